The van der Waals surface area contributed by atoms with Crippen molar-refractivity contribution in [1.29, 1.82) is 0 Å². The SMILES string of the molecule is NNCc1ccnc(CO)c1. The van der Waals surface area contributed by atoms with Crippen LogP contribution in [0.15, 0.2) is 18.3 Å². The summed E-state index contributed by atoms with van der Waals surface area (Å²) in [5, 5.41) is 8.72. The molecule has 0 amide bonds. The summed E-state index contributed by atoms with van der Waals surface area (Å²) in [7, 11) is 0. The zero-order valence-corrected chi connectivity index (χ0v) is 6.12. The molecule has 1 heterocycles. The van der Waals surface area contributed by atoms with Crippen molar-refractivity contribution in [2.75, 3.05) is 0 Å². The molecule has 0 radical (unpaired) electrons. The van der Waals surface area contributed by atoms with E-state index in [9.17, 15) is 0 Å². The van der Waals surface area contributed by atoms with Gasteiger partial charge < -0.3 is 5.11 Å². The number of aliphatic hydroxyl groups excluding tert-OH is 1. The molecular weight excluding hydrogens is 142 g/mol. The molecule has 0 fully saturated rings. The first-order valence-corrected chi connectivity index (χ1v) is 3.35. The molecule has 0 bridgehead atoms. The third kappa shape index (κ3) is 2.27. The van der Waals surface area contributed by atoms with Gasteiger partial charge in [-0.2, -0.15) is 0 Å². The first-order chi connectivity index (χ1) is 5.36. The van der Waals surface area contributed by atoms with Crippen LogP contribution in [0.4, 0.5) is 0 Å². The van der Waals surface area contributed by atoms with E-state index in [4.69, 9.17) is 10.9 Å². The van der Waals surface area contributed by atoms with Crippen molar-refractivity contribution < 1.29 is 5.11 Å². The van der Waals surface area contributed by atoms with Crippen molar-refractivity contribution in [3.63, 3.8) is 0 Å². The second kappa shape index (κ2) is 4.02. The summed E-state index contributed by atoms with van der Waals surface area (Å²) < 4.78 is 0. The Balaban J connectivity index is 2.74. The number of pyridine rings is 1. The molecule has 1 rings (SSSR count). The van der Waals surface area contributed by atoms with Crippen LogP contribution in [-0.2, 0) is 13.2 Å². The largest absolute Gasteiger partial charge is 0.390 e. The molecule has 0 unspecified atom stereocenters. The van der Waals surface area contributed by atoms with Crippen molar-refractivity contribution in [1.82, 2.24) is 10.4 Å². The average Bonchev–Trinajstić information content (AvgIpc) is 2.06. The van der Waals surface area contributed by atoms with Gasteiger partial charge in [-0.15, -0.1) is 0 Å². The number of nitrogens with one attached hydrogen (secondary N) is 1. The molecule has 11 heavy (non-hydrogen) atoms. The smallest absolute Gasteiger partial charge is 0.0853 e. The summed E-state index contributed by atoms with van der Waals surface area (Å²) in [6.07, 6.45) is 1.65. The van der Waals surface area contributed by atoms with Crippen LogP contribution in [0.25, 0.3) is 0 Å². The van der Waals surface area contributed by atoms with Gasteiger partial charge in [0.05, 0.1) is 12.3 Å². The number of nitrogens with two attached hydrogens (primary N) is 1. The predicted octanol–water partition coefficient (Wildman–Crippen LogP) is -0.463. The van der Waals surface area contributed by atoms with Gasteiger partial charge in [0.15, 0.2) is 0 Å². The van der Waals surface area contributed by atoms with Gasteiger partial charge in [0.1, 0.15) is 0 Å². The third-order valence-electron chi connectivity index (χ3n) is 1.35. The highest BCUT2D eigenvalue weighted by Gasteiger charge is 1.93. The van der Waals surface area contributed by atoms with E-state index in [0.29, 0.717) is 12.2 Å². The van der Waals surface area contributed by atoms with E-state index in [1.54, 1.807) is 12.3 Å². The number of hydrogen-bond acceptors (Lipinski definition) is 4. The summed E-state index contributed by atoms with van der Waals surface area (Å²) in [6, 6.07) is 3.65. The van der Waals surface area contributed by atoms with Gasteiger partial charge in [-0.1, -0.05) is 0 Å². The van der Waals surface area contributed by atoms with Gasteiger partial charge in [0.25, 0.3) is 0 Å². The Labute approximate surface area is 65.0 Å². The standard InChI is InChI=1S/C7H11N3O/c8-10-4-6-1-2-9-7(3-6)5-11/h1-3,10-11H,4-5,8H2. The van der Waals surface area contributed by atoms with Crippen molar-refractivity contribution in [2.45, 2.75) is 13.2 Å². The van der Waals surface area contributed by atoms with Gasteiger partial charge in [-0.3, -0.25) is 16.3 Å². The molecule has 4 nitrogen and oxygen atoms in total. The second-order valence-corrected chi connectivity index (χ2v) is 2.19. The minimum Gasteiger partial charge on any atom is -0.390 e. The Bertz CT molecular complexity index is 227. The third-order valence-corrected chi connectivity index (χ3v) is 1.35. The van der Waals surface area contributed by atoms with Crippen LogP contribution in [0.3, 0.4) is 0 Å². The predicted molar refractivity (Wildman–Crippen MR) is 41.2 cm³/mol. The lowest BCUT2D eigenvalue weighted by atomic mass is 10.2. The number of hydrazine groups is 1. The number of rotatable bonds is 3. The number of aromatic nitrogens is 1. The molecule has 4 heteroatoms. The van der Waals surface area contributed by atoms with Crippen LogP contribution < -0.4 is 11.3 Å². The minimum atomic E-state index is -0.0294. The molecule has 0 aliphatic rings. The molecular formula is C7H11N3O. The summed E-state index contributed by atoms with van der Waals surface area (Å²) >= 11 is 0. The Hall–Kier alpha value is -0.970. The van der Waals surface area contributed by atoms with E-state index >= 15 is 0 Å². The molecule has 0 atom stereocenters. The molecule has 0 aliphatic carbocycles. The number of aliphatic hydroxyl groups is 1. The van der Waals surface area contributed by atoms with E-state index in [0.717, 1.165) is 5.56 Å². The zero-order valence-electron chi connectivity index (χ0n) is 6.12. The first kappa shape index (κ1) is 8.13. The summed E-state index contributed by atoms with van der Waals surface area (Å²) in [6.45, 7) is 0.563. The lowest BCUT2D eigenvalue weighted by molar-refractivity contribution is 0.276. The first-order valence-electron chi connectivity index (χ1n) is 3.35. The molecule has 0 saturated carbocycles. The molecule has 1 aromatic heterocycles. The number of nitrogens with zero attached hydrogens (tertiary/aromatic N) is 1. The lowest BCUT2D eigenvalue weighted by Crippen LogP contribution is -2.20. The molecule has 60 valence electrons. The van der Waals surface area contributed by atoms with E-state index in [-0.39, 0.29) is 6.61 Å². The maximum absolute atomic E-state index is 8.72. The fourth-order valence-electron chi connectivity index (χ4n) is 0.842. The lowest BCUT2D eigenvalue weighted by Gasteiger charge is -2.00. The van der Waals surface area contributed by atoms with Crippen LogP contribution in [0.1, 0.15) is 11.3 Å². The second-order valence-electron chi connectivity index (χ2n) is 2.19. The monoisotopic (exact) mass is 153 g/mol. The Morgan fingerprint density at radius 3 is 3.09 bits per heavy atom. The summed E-state index contributed by atoms with van der Waals surface area (Å²) in [4.78, 5) is 3.92. The van der Waals surface area contributed by atoms with Crippen molar-refractivity contribution >= 4 is 0 Å². The molecule has 4 N–H and O–H groups in total. The Morgan fingerprint density at radius 2 is 2.45 bits per heavy atom. The fraction of sp³-hybridized carbons (Fsp3) is 0.286. The van der Waals surface area contributed by atoms with E-state index in [1.807, 2.05) is 6.07 Å². The normalized spacial score (nSPS) is 10.0. The zero-order chi connectivity index (χ0) is 8.10. The van der Waals surface area contributed by atoms with Crippen LogP contribution in [0.5, 0.6) is 0 Å². The van der Waals surface area contributed by atoms with Gasteiger partial charge in [-0.05, 0) is 17.7 Å². The molecule has 0 spiro atoms. The van der Waals surface area contributed by atoms with E-state index in [2.05, 4.69) is 10.4 Å². The van der Waals surface area contributed by atoms with Gasteiger partial charge >= 0.3 is 0 Å². The van der Waals surface area contributed by atoms with Gasteiger partial charge in [-0.25, -0.2) is 0 Å². The molecule has 0 aromatic carbocycles. The fourth-order valence-corrected chi connectivity index (χ4v) is 0.842. The van der Waals surface area contributed by atoms with Crippen molar-refractivity contribution in [3.8, 4) is 0 Å². The topological polar surface area (TPSA) is 71.2 Å². The average molecular weight is 153 g/mol. The highest BCUT2D eigenvalue weighted by atomic mass is 16.3. The molecule has 0 saturated heterocycles. The molecule has 1 aromatic rings. The minimum absolute atomic E-state index is 0.0294. The van der Waals surface area contributed by atoms with E-state index in [1.165, 1.54) is 0 Å². The summed E-state index contributed by atoms with van der Waals surface area (Å²) in [5.41, 5.74) is 4.21. The van der Waals surface area contributed by atoms with Crippen LogP contribution in [0.2, 0.25) is 0 Å². The van der Waals surface area contributed by atoms with Gasteiger partial charge in [0.2, 0.25) is 0 Å². The van der Waals surface area contributed by atoms with E-state index < -0.39 is 0 Å². The molecule has 0 aliphatic heterocycles. The Kier molecular flexibility index (Phi) is 2.97. The van der Waals surface area contributed by atoms with Crippen molar-refractivity contribution in [3.05, 3.63) is 29.6 Å². The number of hydrogen-bond donors (Lipinski definition) is 3. The maximum atomic E-state index is 8.72. The van der Waals surface area contributed by atoms with Gasteiger partial charge in [0, 0.05) is 12.7 Å². The highest BCUT2D eigenvalue weighted by molar-refractivity contribution is 5.15. The summed E-state index contributed by atoms with van der Waals surface area (Å²) in [5.74, 6) is 5.12. The van der Waals surface area contributed by atoms with Crippen molar-refractivity contribution in [2.24, 2.45) is 5.84 Å². The van der Waals surface area contributed by atoms with Crippen LogP contribution in [-0.4, -0.2) is 10.1 Å². The maximum Gasteiger partial charge on any atom is 0.0853 e. The van der Waals surface area contributed by atoms with Crippen LogP contribution in [0, 0.1) is 0 Å². The highest BCUT2D eigenvalue weighted by Crippen LogP contribution is 2.00. The van der Waals surface area contributed by atoms with Crippen LogP contribution >= 0.6 is 0 Å². The quantitative estimate of drug-likeness (QED) is 0.406. The Morgan fingerprint density at radius 1 is 1.64 bits per heavy atom.